The van der Waals surface area contributed by atoms with Crippen molar-refractivity contribution in [3.8, 4) is 11.5 Å². The molecular formula is C24H31N3O6S. The number of nitrogens with one attached hydrogen (secondary N) is 2. The Labute approximate surface area is 200 Å². The lowest BCUT2D eigenvalue weighted by molar-refractivity contribution is 0.0846. The highest BCUT2D eigenvalue weighted by molar-refractivity contribution is 7.92. The van der Waals surface area contributed by atoms with E-state index in [0.717, 1.165) is 18.2 Å². The molecule has 0 fully saturated rings. The summed E-state index contributed by atoms with van der Waals surface area (Å²) in [5.41, 5.74) is 6.72. The third kappa shape index (κ3) is 5.80. The van der Waals surface area contributed by atoms with Crippen molar-refractivity contribution in [3.05, 3.63) is 53.1 Å². The number of hydrogen-bond acceptors (Lipinski definition) is 6. The van der Waals surface area contributed by atoms with E-state index < -0.39 is 21.8 Å². The Morgan fingerprint density at radius 1 is 1.06 bits per heavy atom. The number of ether oxygens (including phenoxy) is 2. The zero-order chi connectivity index (χ0) is 25.0. The van der Waals surface area contributed by atoms with Crippen LogP contribution in [0.15, 0.2) is 36.4 Å². The Kier molecular flexibility index (Phi) is 7.71. The lowest BCUT2D eigenvalue weighted by Crippen LogP contribution is -2.41. The first-order valence-corrected chi connectivity index (χ1v) is 12.9. The molecule has 2 aromatic rings. The van der Waals surface area contributed by atoms with Crippen LogP contribution in [0.2, 0.25) is 0 Å². The van der Waals surface area contributed by atoms with E-state index in [-0.39, 0.29) is 6.04 Å². The number of benzene rings is 2. The molecule has 2 aromatic carbocycles. The molecule has 2 amide bonds. The van der Waals surface area contributed by atoms with Gasteiger partial charge in [-0.3, -0.25) is 24.7 Å². The molecule has 0 saturated heterocycles. The minimum Gasteiger partial charge on any atom is -0.493 e. The number of sulfonamides is 1. The maximum absolute atomic E-state index is 12.6. The highest BCUT2D eigenvalue weighted by atomic mass is 32.2. The summed E-state index contributed by atoms with van der Waals surface area (Å²) >= 11 is 0. The average molecular weight is 490 g/mol. The lowest BCUT2D eigenvalue weighted by atomic mass is 10.1. The van der Waals surface area contributed by atoms with Gasteiger partial charge in [0.15, 0.2) is 11.5 Å². The molecule has 0 aromatic heterocycles. The molecule has 2 N–H and O–H groups in total. The van der Waals surface area contributed by atoms with Crippen molar-refractivity contribution in [2.75, 3.05) is 24.3 Å². The van der Waals surface area contributed by atoms with Crippen LogP contribution in [0.3, 0.4) is 0 Å². The fourth-order valence-corrected chi connectivity index (χ4v) is 5.10. The number of hydrazine groups is 1. The van der Waals surface area contributed by atoms with E-state index in [1.165, 1.54) is 17.5 Å². The van der Waals surface area contributed by atoms with E-state index in [9.17, 15) is 18.0 Å². The van der Waals surface area contributed by atoms with Gasteiger partial charge in [0.1, 0.15) is 0 Å². The topological polar surface area (TPSA) is 114 Å². The normalized spacial score (nSPS) is 15.1. The third-order valence-electron chi connectivity index (χ3n) is 5.52. The van der Waals surface area contributed by atoms with Gasteiger partial charge in [0.05, 0.1) is 25.7 Å². The quantitative estimate of drug-likeness (QED) is 0.551. The Morgan fingerprint density at radius 2 is 1.68 bits per heavy atom. The van der Waals surface area contributed by atoms with Crippen LogP contribution in [0, 0.1) is 5.92 Å². The van der Waals surface area contributed by atoms with Crippen LogP contribution in [0.5, 0.6) is 11.5 Å². The van der Waals surface area contributed by atoms with Gasteiger partial charge in [0.25, 0.3) is 11.8 Å². The third-order valence-corrected chi connectivity index (χ3v) is 6.79. The summed E-state index contributed by atoms with van der Waals surface area (Å²) in [4.78, 5) is 25.1. The fraction of sp³-hybridized carbons (Fsp3) is 0.417. The summed E-state index contributed by atoms with van der Waals surface area (Å²) in [5.74, 6) is 0.443. The Bertz CT molecular complexity index is 1180. The first kappa shape index (κ1) is 25.4. The molecule has 184 valence electrons. The summed E-state index contributed by atoms with van der Waals surface area (Å²) in [6, 6.07) is 9.35. The minimum absolute atomic E-state index is 0.227. The molecule has 9 nitrogen and oxygen atoms in total. The Balaban J connectivity index is 1.64. The monoisotopic (exact) mass is 489 g/mol. The molecule has 34 heavy (non-hydrogen) atoms. The summed E-state index contributed by atoms with van der Waals surface area (Å²) in [6.45, 7) is 6.57. The van der Waals surface area contributed by atoms with E-state index in [0.29, 0.717) is 47.3 Å². The standard InChI is InChI=1S/C24H31N3O6S/c1-15(2)10-11-33-21-9-7-18(14-22(21)32-4)24(29)26-25-23(28)17-6-8-20-19(13-17)12-16(3)27(20)34(5,30)31/h6-9,13-16H,10-12H2,1-5H3,(H,25,28)(H,26,29). The molecule has 0 saturated carbocycles. The molecule has 0 radical (unpaired) electrons. The van der Waals surface area contributed by atoms with Crippen molar-refractivity contribution in [3.63, 3.8) is 0 Å². The van der Waals surface area contributed by atoms with Crippen molar-refractivity contribution in [1.29, 1.82) is 0 Å². The largest absolute Gasteiger partial charge is 0.493 e. The number of methoxy groups -OCH3 is 1. The van der Waals surface area contributed by atoms with E-state index in [4.69, 9.17) is 9.47 Å². The van der Waals surface area contributed by atoms with Gasteiger partial charge in [-0.25, -0.2) is 8.42 Å². The van der Waals surface area contributed by atoms with Crippen LogP contribution in [0.1, 0.15) is 53.5 Å². The number of anilines is 1. The molecule has 1 heterocycles. The van der Waals surface area contributed by atoms with Gasteiger partial charge in [0, 0.05) is 17.2 Å². The maximum Gasteiger partial charge on any atom is 0.269 e. The molecule has 0 bridgehead atoms. The number of amides is 2. The second-order valence-electron chi connectivity index (χ2n) is 8.76. The maximum atomic E-state index is 12.6. The second kappa shape index (κ2) is 10.3. The molecule has 0 spiro atoms. The number of hydrogen-bond donors (Lipinski definition) is 2. The lowest BCUT2D eigenvalue weighted by Gasteiger charge is -2.21. The summed E-state index contributed by atoms with van der Waals surface area (Å²) in [5, 5.41) is 0. The predicted octanol–water partition coefficient (Wildman–Crippen LogP) is 2.91. The number of rotatable bonds is 8. The number of carbonyl (C=O) groups excluding carboxylic acids is 2. The van der Waals surface area contributed by atoms with Crippen molar-refractivity contribution < 1.29 is 27.5 Å². The molecule has 1 aliphatic rings. The first-order chi connectivity index (χ1) is 16.0. The van der Waals surface area contributed by atoms with E-state index in [2.05, 4.69) is 24.7 Å². The zero-order valence-corrected chi connectivity index (χ0v) is 20.9. The van der Waals surface area contributed by atoms with Gasteiger partial charge >= 0.3 is 0 Å². The second-order valence-corrected chi connectivity index (χ2v) is 10.6. The average Bonchev–Trinajstić information content (AvgIpc) is 3.12. The Morgan fingerprint density at radius 3 is 2.26 bits per heavy atom. The zero-order valence-electron chi connectivity index (χ0n) is 20.0. The fourth-order valence-electron chi connectivity index (χ4n) is 3.84. The van der Waals surface area contributed by atoms with E-state index >= 15 is 0 Å². The van der Waals surface area contributed by atoms with Crippen LogP contribution in [0.25, 0.3) is 0 Å². The molecule has 3 rings (SSSR count). The van der Waals surface area contributed by atoms with Gasteiger partial charge < -0.3 is 9.47 Å². The van der Waals surface area contributed by atoms with Crippen molar-refractivity contribution in [2.24, 2.45) is 5.92 Å². The van der Waals surface area contributed by atoms with Crippen molar-refractivity contribution in [2.45, 2.75) is 39.7 Å². The molecular weight excluding hydrogens is 458 g/mol. The summed E-state index contributed by atoms with van der Waals surface area (Å²) in [6.07, 6.45) is 2.56. The molecule has 0 aliphatic carbocycles. The van der Waals surface area contributed by atoms with E-state index in [1.807, 2.05) is 6.92 Å². The highest BCUT2D eigenvalue weighted by Gasteiger charge is 2.32. The number of nitrogens with zero attached hydrogens (tertiary/aromatic N) is 1. The van der Waals surface area contributed by atoms with Gasteiger partial charge in [-0.1, -0.05) is 13.8 Å². The van der Waals surface area contributed by atoms with Gasteiger partial charge in [0.2, 0.25) is 10.0 Å². The SMILES string of the molecule is COc1cc(C(=O)NNC(=O)c2ccc3c(c2)CC(C)N3S(C)(=O)=O)ccc1OCCC(C)C. The smallest absolute Gasteiger partial charge is 0.269 e. The Hall–Kier alpha value is -3.27. The minimum atomic E-state index is -3.41. The summed E-state index contributed by atoms with van der Waals surface area (Å²) < 4.78 is 36.6. The first-order valence-electron chi connectivity index (χ1n) is 11.0. The molecule has 1 unspecified atom stereocenters. The van der Waals surface area contributed by atoms with E-state index in [1.54, 1.807) is 30.3 Å². The van der Waals surface area contributed by atoms with Crippen LogP contribution in [-0.2, 0) is 16.4 Å². The number of carbonyl (C=O) groups is 2. The molecule has 1 aliphatic heterocycles. The van der Waals surface area contributed by atoms with Crippen LogP contribution >= 0.6 is 0 Å². The van der Waals surface area contributed by atoms with Crippen LogP contribution in [0.4, 0.5) is 5.69 Å². The summed E-state index contributed by atoms with van der Waals surface area (Å²) in [7, 11) is -1.92. The predicted molar refractivity (Wildman–Crippen MR) is 130 cm³/mol. The van der Waals surface area contributed by atoms with Gasteiger partial charge in [-0.2, -0.15) is 0 Å². The van der Waals surface area contributed by atoms with Crippen molar-refractivity contribution in [1.82, 2.24) is 10.9 Å². The van der Waals surface area contributed by atoms with Gasteiger partial charge in [-0.15, -0.1) is 0 Å². The highest BCUT2D eigenvalue weighted by Crippen LogP contribution is 2.34. The van der Waals surface area contributed by atoms with Crippen LogP contribution in [-0.4, -0.2) is 46.2 Å². The van der Waals surface area contributed by atoms with Crippen LogP contribution < -0.4 is 24.6 Å². The molecule has 1 atom stereocenters. The molecule has 10 heteroatoms. The number of fused-ring (bicyclic) bond motifs is 1. The van der Waals surface area contributed by atoms with Gasteiger partial charge in [-0.05, 0) is 67.6 Å². The van der Waals surface area contributed by atoms with Crippen molar-refractivity contribution >= 4 is 27.5 Å².